The average Bonchev–Trinajstić information content (AvgIpc) is 3.44. The van der Waals surface area contributed by atoms with Crippen LogP contribution in [0, 0.1) is 10.8 Å². The van der Waals surface area contributed by atoms with Gasteiger partial charge in [-0.15, -0.1) is 24.8 Å². The van der Waals surface area contributed by atoms with Gasteiger partial charge in [0.2, 0.25) is 0 Å². The van der Waals surface area contributed by atoms with Crippen molar-refractivity contribution in [1.82, 2.24) is 0 Å². The van der Waals surface area contributed by atoms with E-state index in [1.54, 1.807) is 22.3 Å². The molecule has 1 aliphatic heterocycles. The summed E-state index contributed by atoms with van der Waals surface area (Å²) in [4.78, 5) is 0. The molecule has 0 radical (unpaired) electrons. The summed E-state index contributed by atoms with van der Waals surface area (Å²) in [5, 5.41) is 5.65. The molecule has 0 saturated carbocycles. The molecule has 3 aliphatic rings. The van der Waals surface area contributed by atoms with E-state index in [2.05, 4.69) is 126 Å². The molecule has 0 N–H and O–H groups in total. The molecule has 0 amide bonds. The van der Waals surface area contributed by atoms with E-state index in [0.29, 0.717) is 7.35 Å². The van der Waals surface area contributed by atoms with Crippen LogP contribution in [0.15, 0.2) is 83.9 Å². The van der Waals surface area contributed by atoms with E-state index < -0.39 is 20.0 Å². The Morgan fingerprint density at radius 3 is 1.30 bits per heavy atom. The van der Waals surface area contributed by atoms with Crippen molar-refractivity contribution in [2.24, 2.45) is 10.8 Å². The minimum absolute atomic E-state index is 0. The second kappa shape index (κ2) is 10.3. The van der Waals surface area contributed by atoms with Gasteiger partial charge in [0.1, 0.15) is 0 Å². The number of rotatable bonds is 2. The van der Waals surface area contributed by atoms with Crippen LogP contribution < -0.4 is 0 Å². The minimum atomic E-state index is -3.06. The van der Waals surface area contributed by atoms with Gasteiger partial charge in [0.05, 0.1) is 0 Å². The number of benzene rings is 4. The topological polar surface area (TPSA) is 0 Å². The number of fused-ring (bicyclic) bond motifs is 6. The molecule has 4 aromatic carbocycles. The van der Waals surface area contributed by atoms with Gasteiger partial charge in [-0.3, -0.25) is 0 Å². The molecule has 0 bridgehead atoms. The fraction of sp³-hybridized carbons (Fsp3) is 0.351. The summed E-state index contributed by atoms with van der Waals surface area (Å²) >= 11 is -3.06. The molecule has 40 heavy (non-hydrogen) atoms. The van der Waals surface area contributed by atoms with Crippen molar-refractivity contribution < 1.29 is 20.0 Å². The zero-order valence-corrected chi connectivity index (χ0v) is 29.9. The Morgan fingerprint density at radius 2 is 0.950 bits per heavy atom. The molecule has 208 valence electrons. The molecular formula is C37H42Cl2Hf. The van der Waals surface area contributed by atoms with Gasteiger partial charge < -0.3 is 0 Å². The molecule has 2 atom stereocenters. The Morgan fingerprint density at radius 1 is 0.550 bits per heavy atom. The third-order valence-electron chi connectivity index (χ3n) is 10.0. The molecule has 1 heterocycles. The third kappa shape index (κ3) is 4.33. The second-order valence-corrected chi connectivity index (χ2v) is 30.8. The van der Waals surface area contributed by atoms with Crippen LogP contribution in [-0.2, 0) is 20.0 Å². The Balaban J connectivity index is 0.00000161. The molecule has 0 spiro atoms. The van der Waals surface area contributed by atoms with Gasteiger partial charge in [0.15, 0.2) is 0 Å². The van der Waals surface area contributed by atoms with Crippen LogP contribution in [0.1, 0.15) is 77.6 Å². The van der Waals surface area contributed by atoms with Crippen LogP contribution in [0.3, 0.4) is 0 Å². The first kappa shape index (κ1) is 29.8. The smallest absolute Gasteiger partial charge is 0.147 e. The van der Waals surface area contributed by atoms with Crippen molar-refractivity contribution in [2.45, 2.75) is 63.7 Å². The molecule has 7 rings (SSSR count). The summed E-state index contributed by atoms with van der Waals surface area (Å²) in [5.74, 6) is 0. The molecule has 2 aliphatic carbocycles. The second-order valence-electron chi connectivity index (χ2n) is 14.2. The van der Waals surface area contributed by atoms with Gasteiger partial charge in [-0.1, -0.05) is 0 Å². The Labute approximate surface area is 257 Å². The monoisotopic (exact) mass is 736 g/mol. The van der Waals surface area contributed by atoms with Crippen molar-refractivity contribution in [3.8, 4) is 0 Å². The normalized spacial score (nSPS) is 21.1. The van der Waals surface area contributed by atoms with Gasteiger partial charge in [-0.25, -0.2) is 0 Å². The third-order valence-corrected chi connectivity index (χ3v) is 32.0. The van der Waals surface area contributed by atoms with Crippen molar-refractivity contribution in [3.63, 3.8) is 0 Å². The summed E-state index contributed by atoms with van der Waals surface area (Å²) in [6, 6.07) is 28.0. The SMILES string of the molecule is CC(C)(C)C1=Cc2c(ccc3ccccc23)[CH]1[Hf]1([CH]2C(C(C)(C)C)=Cc3c2ccc2ccccc32)[CH2]C[CH2]1.Cl.Cl. The number of halogens is 2. The molecule has 0 aromatic heterocycles. The molecule has 1 saturated heterocycles. The Kier molecular flexibility index (Phi) is 7.64. The average molecular weight is 736 g/mol. The molecule has 0 nitrogen and oxygen atoms in total. The molecule has 1 fully saturated rings. The van der Waals surface area contributed by atoms with E-state index in [9.17, 15) is 0 Å². The summed E-state index contributed by atoms with van der Waals surface area (Å²) in [6.45, 7) is 14.8. The molecule has 2 unspecified atom stereocenters. The van der Waals surface area contributed by atoms with Crippen molar-refractivity contribution in [2.75, 3.05) is 0 Å². The Hall–Kier alpha value is -1.67. The van der Waals surface area contributed by atoms with E-state index in [4.69, 9.17) is 0 Å². The summed E-state index contributed by atoms with van der Waals surface area (Å²) in [6.07, 6.45) is 6.73. The van der Waals surface area contributed by atoms with Crippen LogP contribution in [0.25, 0.3) is 33.7 Å². The van der Waals surface area contributed by atoms with Crippen LogP contribution in [0.4, 0.5) is 0 Å². The van der Waals surface area contributed by atoms with E-state index in [0.717, 1.165) is 0 Å². The first-order valence-corrected chi connectivity index (χ1v) is 23.8. The minimum Gasteiger partial charge on any atom is -0.147 e. The zero-order valence-electron chi connectivity index (χ0n) is 24.7. The molecular weight excluding hydrogens is 694 g/mol. The quantitative estimate of drug-likeness (QED) is 0.180. The standard InChI is InChI=1S/2C17H17.C3H6.2ClH.Hf/c2*1-17(2,3)14-10-13-9-8-12-6-4-5-7-15(12)16(13)11-14;1-3-2;;;/h2*4-11H,1-3H3;1-3H2;2*1H;. The van der Waals surface area contributed by atoms with E-state index >= 15 is 0 Å². The summed E-state index contributed by atoms with van der Waals surface area (Å²) < 4.78 is 4.37. The predicted molar refractivity (Wildman–Crippen MR) is 177 cm³/mol. The maximum atomic E-state index is 2.65. The largest absolute Gasteiger partial charge is 0.147 e. The molecule has 3 heteroatoms. The van der Waals surface area contributed by atoms with Gasteiger partial charge in [-0.05, 0) is 0 Å². The van der Waals surface area contributed by atoms with Crippen molar-refractivity contribution in [1.29, 1.82) is 0 Å². The molecule has 4 aromatic rings. The van der Waals surface area contributed by atoms with Crippen LogP contribution in [0.5, 0.6) is 0 Å². The van der Waals surface area contributed by atoms with Crippen molar-refractivity contribution in [3.05, 3.63) is 106 Å². The van der Waals surface area contributed by atoms with Crippen LogP contribution >= 0.6 is 24.8 Å². The first-order chi connectivity index (χ1) is 18.1. The van der Waals surface area contributed by atoms with E-state index in [-0.39, 0.29) is 35.6 Å². The van der Waals surface area contributed by atoms with Gasteiger partial charge in [-0.2, -0.15) is 0 Å². The maximum Gasteiger partial charge on any atom is -0.147 e. The van der Waals surface area contributed by atoms with Gasteiger partial charge >= 0.3 is 234 Å². The number of hydrogen-bond acceptors (Lipinski definition) is 0. The Bertz CT molecular complexity index is 1550. The summed E-state index contributed by atoms with van der Waals surface area (Å²) in [5.41, 5.74) is 10.2. The van der Waals surface area contributed by atoms with Crippen LogP contribution in [0.2, 0.25) is 8.35 Å². The van der Waals surface area contributed by atoms with E-state index in [1.165, 1.54) is 47.4 Å². The predicted octanol–water partition coefficient (Wildman–Crippen LogP) is 11.9. The number of allylic oxidation sites excluding steroid dienone is 2. The van der Waals surface area contributed by atoms with Crippen molar-refractivity contribution >= 4 is 58.5 Å². The van der Waals surface area contributed by atoms with Gasteiger partial charge in [0.25, 0.3) is 0 Å². The maximum absolute atomic E-state index is 3.06. The fourth-order valence-electron chi connectivity index (χ4n) is 8.13. The van der Waals surface area contributed by atoms with Gasteiger partial charge in [0, 0.05) is 0 Å². The zero-order chi connectivity index (χ0) is 26.4. The fourth-order valence-corrected chi connectivity index (χ4v) is 32.1. The summed E-state index contributed by atoms with van der Waals surface area (Å²) in [7, 11) is 0. The van der Waals surface area contributed by atoms with Crippen LogP contribution in [-0.4, -0.2) is 0 Å². The number of hydrogen-bond donors (Lipinski definition) is 0. The van der Waals surface area contributed by atoms with E-state index in [1.807, 2.05) is 0 Å². The first-order valence-electron chi connectivity index (χ1n) is 14.6.